The summed E-state index contributed by atoms with van der Waals surface area (Å²) in [5, 5.41) is 15.2. The summed E-state index contributed by atoms with van der Waals surface area (Å²) in [4.78, 5) is 7.85. The van der Waals surface area contributed by atoms with Gasteiger partial charge >= 0.3 is 6.18 Å². The molecule has 0 saturated heterocycles. The SMILES string of the molecule is CC(C)(CO)N1NNc2cc(-c3noc(-c4cnccc4C(F)(F)F)n3)ccc21. The molecular weight excluding hydrogens is 389 g/mol. The van der Waals surface area contributed by atoms with Crippen LogP contribution in [-0.2, 0) is 6.18 Å². The molecule has 0 amide bonds. The molecule has 29 heavy (non-hydrogen) atoms. The van der Waals surface area contributed by atoms with Gasteiger partial charge in [-0.3, -0.25) is 9.99 Å². The standard InChI is InChI=1S/C18H17F3N6O2/c1-17(2,9-28)27-14-4-3-10(7-13(14)24-26-27)15-23-16(29-25-15)11-8-22-6-5-12(11)18(19,20)21/h3-8,24,26,28H,9H2,1-2H3. The lowest BCUT2D eigenvalue weighted by Gasteiger charge is -2.34. The van der Waals surface area contributed by atoms with Crippen molar-refractivity contribution in [1.82, 2.24) is 20.7 Å². The zero-order chi connectivity index (χ0) is 20.8. The van der Waals surface area contributed by atoms with Gasteiger partial charge in [-0.2, -0.15) is 18.2 Å². The minimum atomic E-state index is -4.57. The van der Waals surface area contributed by atoms with Crippen molar-refractivity contribution in [3.8, 4) is 22.8 Å². The predicted molar refractivity (Wildman–Crippen MR) is 98.4 cm³/mol. The molecule has 11 heteroatoms. The van der Waals surface area contributed by atoms with Crippen LogP contribution in [0, 0.1) is 0 Å². The highest BCUT2D eigenvalue weighted by atomic mass is 19.4. The summed E-state index contributed by atoms with van der Waals surface area (Å²) < 4.78 is 44.7. The van der Waals surface area contributed by atoms with Gasteiger partial charge in [0.25, 0.3) is 5.89 Å². The van der Waals surface area contributed by atoms with Gasteiger partial charge in [0.2, 0.25) is 5.82 Å². The van der Waals surface area contributed by atoms with Crippen LogP contribution in [0.4, 0.5) is 24.5 Å². The Labute approximate surface area is 163 Å². The van der Waals surface area contributed by atoms with E-state index in [9.17, 15) is 18.3 Å². The zero-order valence-electron chi connectivity index (χ0n) is 15.4. The molecule has 1 aliphatic rings. The molecule has 3 aromatic rings. The monoisotopic (exact) mass is 406 g/mol. The smallest absolute Gasteiger partial charge is 0.394 e. The molecule has 3 N–H and O–H groups in total. The molecule has 1 aliphatic heterocycles. The first-order valence-corrected chi connectivity index (χ1v) is 8.63. The number of nitrogens with zero attached hydrogens (tertiary/aromatic N) is 4. The third-order valence-corrected chi connectivity index (χ3v) is 4.57. The van der Waals surface area contributed by atoms with Gasteiger partial charge in [-0.25, -0.2) is 0 Å². The second-order valence-electron chi connectivity index (χ2n) is 7.12. The van der Waals surface area contributed by atoms with Crippen LogP contribution in [0.3, 0.4) is 0 Å². The normalized spacial score (nSPS) is 14.1. The topological polar surface area (TPSA) is 99.3 Å². The number of fused-ring (bicyclic) bond motifs is 1. The molecule has 0 saturated carbocycles. The Morgan fingerprint density at radius 3 is 2.72 bits per heavy atom. The molecule has 4 rings (SSSR count). The Kier molecular flexibility index (Phi) is 4.43. The highest BCUT2D eigenvalue weighted by molar-refractivity contribution is 5.79. The van der Waals surface area contributed by atoms with Crippen LogP contribution in [0.2, 0.25) is 0 Å². The number of aromatic nitrogens is 3. The third-order valence-electron chi connectivity index (χ3n) is 4.57. The number of hydrazine groups is 2. The minimum Gasteiger partial charge on any atom is -0.394 e. The molecule has 0 fully saturated rings. The molecule has 0 radical (unpaired) electrons. The molecule has 152 valence electrons. The molecule has 8 nitrogen and oxygen atoms in total. The summed E-state index contributed by atoms with van der Waals surface area (Å²) in [5.74, 6) is -0.128. The molecule has 2 aromatic heterocycles. The van der Waals surface area contributed by atoms with Gasteiger partial charge in [-0.15, -0.1) is 5.53 Å². The molecule has 0 aliphatic carbocycles. The van der Waals surface area contributed by atoms with Crippen LogP contribution in [0.1, 0.15) is 19.4 Å². The van der Waals surface area contributed by atoms with Gasteiger partial charge in [-0.1, -0.05) is 5.16 Å². The molecule has 0 spiro atoms. The van der Waals surface area contributed by atoms with Crippen LogP contribution >= 0.6 is 0 Å². The van der Waals surface area contributed by atoms with E-state index in [1.165, 1.54) is 0 Å². The van der Waals surface area contributed by atoms with Crippen molar-refractivity contribution < 1.29 is 22.8 Å². The minimum absolute atomic E-state index is 0.0796. The van der Waals surface area contributed by atoms with Crippen molar-refractivity contribution in [1.29, 1.82) is 0 Å². The lowest BCUT2D eigenvalue weighted by atomic mass is 10.0. The highest BCUT2D eigenvalue weighted by Gasteiger charge is 2.35. The van der Waals surface area contributed by atoms with E-state index < -0.39 is 17.3 Å². The van der Waals surface area contributed by atoms with Crippen LogP contribution in [-0.4, -0.2) is 32.4 Å². The summed E-state index contributed by atoms with van der Waals surface area (Å²) in [6, 6.07) is 6.10. The fourth-order valence-corrected chi connectivity index (χ4v) is 2.96. The molecule has 0 unspecified atom stereocenters. The van der Waals surface area contributed by atoms with E-state index in [2.05, 4.69) is 26.1 Å². The van der Waals surface area contributed by atoms with Gasteiger partial charge in [0.15, 0.2) is 0 Å². The maximum Gasteiger partial charge on any atom is 0.417 e. The molecule has 0 atom stereocenters. The number of pyridine rings is 1. The average molecular weight is 406 g/mol. The summed E-state index contributed by atoms with van der Waals surface area (Å²) in [6.07, 6.45) is -2.47. The summed E-state index contributed by atoms with van der Waals surface area (Å²) >= 11 is 0. The van der Waals surface area contributed by atoms with E-state index >= 15 is 0 Å². The van der Waals surface area contributed by atoms with Gasteiger partial charge in [0.1, 0.15) is 0 Å². The number of hydrogen-bond acceptors (Lipinski definition) is 8. The van der Waals surface area contributed by atoms with Crippen molar-refractivity contribution in [2.45, 2.75) is 25.6 Å². The van der Waals surface area contributed by atoms with Crippen LogP contribution in [0.25, 0.3) is 22.8 Å². The largest absolute Gasteiger partial charge is 0.417 e. The summed E-state index contributed by atoms with van der Waals surface area (Å²) in [6.45, 7) is 3.65. The Hall–Kier alpha value is -3.18. The number of halogens is 3. The summed E-state index contributed by atoms with van der Waals surface area (Å²) in [5.41, 5.74) is 6.26. The zero-order valence-corrected chi connectivity index (χ0v) is 15.4. The third kappa shape index (κ3) is 3.38. The van der Waals surface area contributed by atoms with E-state index in [1.807, 2.05) is 13.8 Å². The van der Waals surface area contributed by atoms with Crippen LogP contribution in [0.15, 0.2) is 41.2 Å². The Bertz CT molecular complexity index is 1050. The van der Waals surface area contributed by atoms with E-state index in [0.717, 1.165) is 24.1 Å². The summed E-state index contributed by atoms with van der Waals surface area (Å²) in [7, 11) is 0. The number of hydrogen-bond donors (Lipinski definition) is 3. The van der Waals surface area contributed by atoms with Crippen molar-refractivity contribution in [2.75, 3.05) is 17.0 Å². The molecule has 1 aromatic carbocycles. The number of rotatable bonds is 4. The van der Waals surface area contributed by atoms with E-state index in [-0.39, 0.29) is 23.9 Å². The maximum atomic E-state index is 13.2. The number of aliphatic hydroxyl groups excluding tert-OH is 1. The second kappa shape index (κ2) is 6.71. The van der Waals surface area contributed by atoms with Crippen molar-refractivity contribution in [3.63, 3.8) is 0 Å². The molecular formula is C18H17F3N6O2. The molecule has 0 bridgehead atoms. The van der Waals surface area contributed by atoms with Crippen molar-refractivity contribution in [3.05, 3.63) is 42.2 Å². The average Bonchev–Trinajstić information content (AvgIpc) is 3.34. The Morgan fingerprint density at radius 2 is 2.00 bits per heavy atom. The Morgan fingerprint density at radius 1 is 1.21 bits per heavy atom. The fraction of sp³-hybridized carbons (Fsp3) is 0.278. The predicted octanol–water partition coefficient (Wildman–Crippen LogP) is 3.24. The quantitative estimate of drug-likeness (QED) is 0.607. The van der Waals surface area contributed by atoms with Crippen molar-refractivity contribution >= 4 is 11.4 Å². The highest BCUT2D eigenvalue weighted by Crippen LogP contribution is 2.38. The molecule has 3 heterocycles. The number of aliphatic hydroxyl groups is 1. The Balaban J connectivity index is 1.68. The number of nitrogens with one attached hydrogen (secondary N) is 2. The first kappa shape index (κ1) is 19.2. The van der Waals surface area contributed by atoms with Crippen LogP contribution < -0.4 is 16.0 Å². The van der Waals surface area contributed by atoms with E-state index in [0.29, 0.717) is 11.3 Å². The first-order valence-electron chi connectivity index (χ1n) is 8.63. The van der Waals surface area contributed by atoms with Gasteiger partial charge in [-0.05, 0) is 38.1 Å². The van der Waals surface area contributed by atoms with Crippen molar-refractivity contribution in [2.24, 2.45) is 0 Å². The lowest BCUT2D eigenvalue weighted by molar-refractivity contribution is -0.137. The number of anilines is 2. The number of benzene rings is 1. The van der Waals surface area contributed by atoms with Crippen LogP contribution in [0.5, 0.6) is 0 Å². The number of alkyl halides is 3. The lowest BCUT2D eigenvalue weighted by Crippen LogP contribution is -2.53. The first-order chi connectivity index (χ1) is 13.7. The second-order valence-corrected chi connectivity index (χ2v) is 7.12. The maximum absolute atomic E-state index is 13.2. The van der Waals surface area contributed by atoms with Gasteiger partial charge in [0.05, 0.1) is 34.6 Å². The fourth-order valence-electron chi connectivity index (χ4n) is 2.96. The van der Waals surface area contributed by atoms with E-state index in [1.54, 1.807) is 23.2 Å². The van der Waals surface area contributed by atoms with E-state index in [4.69, 9.17) is 4.52 Å². The van der Waals surface area contributed by atoms with Gasteiger partial charge < -0.3 is 15.1 Å². The van der Waals surface area contributed by atoms with Gasteiger partial charge in [0, 0.05) is 18.0 Å².